The molecule has 9 heteroatoms. The van der Waals surface area contributed by atoms with E-state index in [1.165, 1.54) is 0 Å². The highest BCUT2D eigenvalue weighted by Crippen LogP contribution is 2.29. The molecule has 2 amide bonds. The minimum Gasteiger partial charge on any atom is -0.445 e. The fourth-order valence-corrected chi connectivity index (χ4v) is 4.68. The second kappa shape index (κ2) is 8.66. The van der Waals surface area contributed by atoms with E-state index in [0.717, 1.165) is 47.3 Å². The van der Waals surface area contributed by atoms with Gasteiger partial charge in [0, 0.05) is 12.7 Å². The number of fused-ring (bicyclic) bond motifs is 1. The summed E-state index contributed by atoms with van der Waals surface area (Å²) in [5.41, 5.74) is 8.95. The zero-order chi connectivity index (χ0) is 21.1. The first-order valence-corrected chi connectivity index (χ1v) is 10.8. The van der Waals surface area contributed by atoms with E-state index in [9.17, 15) is 9.59 Å². The maximum Gasteiger partial charge on any atom is 0.404 e. The summed E-state index contributed by atoms with van der Waals surface area (Å²) in [5.74, 6) is -0.290. The molecule has 0 radical (unpaired) electrons. The molecule has 0 bridgehead atoms. The highest BCUT2D eigenvalue weighted by Gasteiger charge is 2.25. The van der Waals surface area contributed by atoms with Crippen LogP contribution in [0.4, 0.5) is 16.2 Å². The first kappa shape index (κ1) is 20.1. The van der Waals surface area contributed by atoms with Crippen molar-refractivity contribution in [2.75, 3.05) is 23.3 Å². The van der Waals surface area contributed by atoms with Gasteiger partial charge in [-0.05, 0) is 48.4 Å². The summed E-state index contributed by atoms with van der Waals surface area (Å²) in [6.45, 7) is 3.37. The summed E-state index contributed by atoms with van der Waals surface area (Å²) in [6, 6.07) is 5.51. The van der Waals surface area contributed by atoms with Crippen LogP contribution in [0.5, 0.6) is 0 Å². The van der Waals surface area contributed by atoms with Gasteiger partial charge in [0.1, 0.15) is 11.8 Å². The van der Waals surface area contributed by atoms with Crippen LogP contribution in [0.25, 0.3) is 10.2 Å². The SMILES string of the molecule is CCc1csc2ccc(C(=O)Nc3cnccc3N3CCC[C@H](OC(N)=O)C3)nc12. The first-order valence-electron chi connectivity index (χ1n) is 9.88. The van der Waals surface area contributed by atoms with Gasteiger partial charge in [0.25, 0.3) is 5.91 Å². The fourth-order valence-electron chi connectivity index (χ4n) is 3.70. The summed E-state index contributed by atoms with van der Waals surface area (Å²) in [6.07, 6.45) is 4.72. The monoisotopic (exact) mass is 425 g/mol. The van der Waals surface area contributed by atoms with Gasteiger partial charge in [-0.3, -0.25) is 9.78 Å². The van der Waals surface area contributed by atoms with Crippen LogP contribution in [0.15, 0.2) is 36.0 Å². The molecule has 1 fully saturated rings. The number of piperidine rings is 1. The Labute approximate surface area is 178 Å². The zero-order valence-electron chi connectivity index (χ0n) is 16.6. The zero-order valence-corrected chi connectivity index (χ0v) is 17.4. The molecule has 0 unspecified atom stereocenters. The second-order valence-electron chi connectivity index (χ2n) is 7.15. The number of primary amides is 1. The smallest absolute Gasteiger partial charge is 0.404 e. The Morgan fingerprint density at radius 3 is 3.03 bits per heavy atom. The van der Waals surface area contributed by atoms with Crippen LogP contribution in [0.1, 0.15) is 35.8 Å². The number of nitrogens with zero attached hydrogens (tertiary/aromatic N) is 3. The molecule has 0 saturated carbocycles. The average Bonchev–Trinajstić information content (AvgIpc) is 3.16. The van der Waals surface area contributed by atoms with Crippen molar-refractivity contribution in [2.45, 2.75) is 32.3 Å². The molecule has 1 atom stereocenters. The molecule has 4 heterocycles. The lowest BCUT2D eigenvalue weighted by atomic mass is 10.1. The molecular weight excluding hydrogens is 402 g/mol. The number of amides is 2. The van der Waals surface area contributed by atoms with Gasteiger partial charge < -0.3 is 20.7 Å². The standard InChI is InChI=1S/C21H23N5O3S/c1-2-13-12-30-18-6-5-15(24-19(13)18)20(27)25-16-10-23-8-7-17(16)26-9-3-4-14(11-26)29-21(22)28/h5-8,10,12,14H,2-4,9,11H2,1H3,(H2,22,28)(H,25,27)/t14-/m0/s1. The lowest BCUT2D eigenvalue weighted by Crippen LogP contribution is -2.41. The lowest BCUT2D eigenvalue weighted by Gasteiger charge is -2.34. The third-order valence-electron chi connectivity index (χ3n) is 5.15. The van der Waals surface area contributed by atoms with Crippen molar-refractivity contribution in [1.82, 2.24) is 9.97 Å². The number of aryl methyl sites for hydroxylation is 1. The number of thiophene rings is 1. The highest BCUT2D eigenvalue weighted by atomic mass is 32.1. The van der Waals surface area contributed by atoms with Crippen molar-refractivity contribution in [1.29, 1.82) is 0 Å². The third-order valence-corrected chi connectivity index (χ3v) is 6.14. The third kappa shape index (κ3) is 4.20. The van der Waals surface area contributed by atoms with E-state index in [2.05, 4.69) is 32.5 Å². The molecule has 3 aromatic rings. The molecule has 3 N–H and O–H groups in total. The number of nitrogens with one attached hydrogen (secondary N) is 1. The number of ether oxygens (including phenoxy) is 1. The molecule has 4 rings (SSSR count). The number of pyridine rings is 2. The van der Waals surface area contributed by atoms with Crippen LogP contribution in [-0.4, -0.2) is 41.2 Å². The number of aromatic nitrogens is 2. The minimum atomic E-state index is -0.772. The topological polar surface area (TPSA) is 110 Å². The number of carbonyl (C=O) groups excluding carboxylic acids is 2. The number of hydrogen-bond donors (Lipinski definition) is 2. The van der Waals surface area contributed by atoms with E-state index < -0.39 is 6.09 Å². The maximum atomic E-state index is 12.9. The average molecular weight is 426 g/mol. The van der Waals surface area contributed by atoms with E-state index in [1.54, 1.807) is 29.8 Å². The van der Waals surface area contributed by atoms with Crippen LogP contribution in [0.3, 0.4) is 0 Å². The van der Waals surface area contributed by atoms with Gasteiger partial charge in [-0.25, -0.2) is 9.78 Å². The largest absolute Gasteiger partial charge is 0.445 e. The van der Waals surface area contributed by atoms with Gasteiger partial charge in [-0.15, -0.1) is 11.3 Å². The Morgan fingerprint density at radius 2 is 2.23 bits per heavy atom. The van der Waals surface area contributed by atoms with Gasteiger partial charge in [-0.1, -0.05) is 6.92 Å². The Balaban J connectivity index is 1.55. The van der Waals surface area contributed by atoms with Gasteiger partial charge in [0.15, 0.2) is 0 Å². The number of anilines is 2. The minimum absolute atomic E-state index is 0.275. The fraction of sp³-hybridized carbons (Fsp3) is 0.333. The molecule has 3 aromatic heterocycles. The molecule has 156 valence electrons. The van der Waals surface area contributed by atoms with E-state index in [-0.39, 0.29) is 12.0 Å². The van der Waals surface area contributed by atoms with E-state index in [4.69, 9.17) is 10.5 Å². The van der Waals surface area contributed by atoms with E-state index >= 15 is 0 Å². The number of nitrogens with two attached hydrogens (primary N) is 1. The van der Waals surface area contributed by atoms with Gasteiger partial charge in [0.05, 0.1) is 34.3 Å². The van der Waals surface area contributed by atoms with Crippen LogP contribution in [-0.2, 0) is 11.2 Å². The molecule has 0 aromatic carbocycles. The number of carbonyl (C=O) groups is 2. The van der Waals surface area contributed by atoms with Crippen molar-refractivity contribution >= 4 is 44.9 Å². The first-order chi connectivity index (χ1) is 14.5. The quantitative estimate of drug-likeness (QED) is 0.647. The Morgan fingerprint density at radius 1 is 1.37 bits per heavy atom. The van der Waals surface area contributed by atoms with Crippen molar-refractivity contribution in [3.63, 3.8) is 0 Å². The number of rotatable bonds is 5. The molecule has 1 aliphatic heterocycles. The van der Waals surface area contributed by atoms with E-state index in [1.807, 2.05) is 12.1 Å². The summed E-state index contributed by atoms with van der Waals surface area (Å²) in [5, 5.41) is 5.02. The van der Waals surface area contributed by atoms with Crippen molar-refractivity contribution in [3.8, 4) is 0 Å². The summed E-state index contributed by atoms with van der Waals surface area (Å²) < 4.78 is 6.24. The summed E-state index contributed by atoms with van der Waals surface area (Å²) >= 11 is 1.63. The predicted octanol–water partition coefficient (Wildman–Crippen LogP) is 3.57. The van der Waals surface area contributed by atoms with Crippen molar-refractivity contribution < 1.29 is 14.3 Å². The highest BCUT2D eigenvalue weighted by molar-refractivity contribution is 7.17. The molecular formula is C21H23N5O3S. The molecule has 1 saturated heterocycles. The summed E-state index contributed by atoms with van der Waals surface area (Å²) in [7, 11) is 0. The summed E-state index contributed by atoms with van der Waals surface area (Å²) in [4.78, 5) is 34.8. The molecule has 1 aliphatic rings. The van der Waals surface area contributed by atoms with Gasteiger partial charge in [-0.2, -0.15) is 0 Å². The Hall–Kier alpha value is -3.20. The van der Waals surface area contributed by atoms with Crippen LogP contribution >= 0.6 is 11.3 Å². The number of hydrogen-bond acceptors (Lipinski definition) is 7. The van der Waals surface area contributed by atoms with E-state index in [0.29, 0.717) is 17.9 Å². The second-order valence-corrected chi connectivity index (χ2v) is 8.06. The van der Waals surface area contributed by atoms with Crippen LogP contribution in [0, 0.1) is 0 Å². The van der Waals surface area contributed by atoms with Crippen LogP contribution in [0.2, 0.25) is 0 Å². The molecule has 0 spiro atoms. The predicted molar refractivity (Wildman–Crippen MR) is 117 cm³/mol. The maximum absolute atomic E-state index is 12.9. The molecule has 8 nitrogen and oxygen atoms in total. The molecule has 0 aliphatic carbocycles. The van der Waals surface area contributed by atoms with Crippen molar-refractivity contribution in [3.05, 3.63) is 47.2 Å². The van der Waals surface area contributed by atoms with Gasteiger partial charge in [0.2, 0.25) is 0 Å². The van der Waals surface area contributed by atoms with Crippen LogP contribution < -0.4 is 16.0 Å². The van der Waals surface area contributed by atoms with Gasteiger partial charge >= 0.3 is 6.09 Å². The lowest BCUT2D eigenvalue weighted by molar-refractivity contribution is 0.0966. The normalized spacial score (nSPS) is 16.4. The Kier molecular flexibility index (Phi) is 5.80. The van der Waals surface area contributed by atoms with Crippen molar-refractivity contribution in [2.24, 2.45) is 5.73 Å². The molecule has 30 heavy (non-hydrogen) atoms. The Bertz CT molecular complexity index is 1080.